The Morgan fingerprint density at radius 1 is 1.20 bits per heavy atom. The van der Waals surface area contributed by atoms with E-state index in [1.165, 1.54) is 30.4 Å². The monoisotopic (exact) mass is 132 g/mol. The highest BCUT2D eigenvalue weighted by Crippen LogP contribution is 2.32. The second-order valence-electron chi connectivity index (χ2n) is 3.13. The fraction of sp³-hybridized carbons (Fsp3) is 0.400. The lowest BCUT2D eigenvalue weighted by Crippen LogP contribution is -1.86. The molecule has 0 bridgehead atoms. The predicted molar refractivity (Wildman–Crippen MR) is 43.8 cm³/mol. The zero-order chi connectivity index (χ0) is 6.97. The van der Waals surface area contributed by atoms with Crippen molar-refractivity contribution in [2.45, 2.75) is 26.2 Å². The SMILES string of the molecule is CC1=CC2=CCCC=C2C1. The van der Waals surface area contributed by atoms with Crippen molar-refractivity contribution in [3.05, 3.63) is 34.9 Å². The van der Waals surface area contributed by atoms with E-state index >= 15 is 0 Å². The van der Waals surface area contributed by atoms with Crippen LogP contribution in [0.5, 0.6) is 0 Å². The van der Waals surface area contributed by atoms with Gasteiger partial charge >= 0.3 is 0 Å². The molecule has 2 aliphatic rings. The van der Waals surface area contributed by atoms with Gasteiger partial charge in [0, 0.05) is 0 Å². The van der Waals surface area contributed by atoms with Gasteiger partial charge in [0.25, 0.3) is 0 Å². The van der Waals surface area contributed by atoms with Gasteiger partial charge in [0.1, 0.15) is 0 Å². The summed E-state index contributed by atoms with van der Waals surface area (Å²) in [4.78, 5) is 0. The largest absolute Gasteiger partial charge is 0.0801 e. The van der Waals surface area contributed by atoms with Crippen LogP contribution in [0.2, 0.25) is 0 Å². The van der Waals surface area contributed by atoms with Gasteiger partial charge in [-0.25, -0.2) is 0 Å². The number of hydrogen-bond donors (Lipinski definition) is 0. The van der Waals surface area contributed by atoms with Crippen LogP contribution in [0, 0.1) is 0 Å². The van der Waals surface area contributed by atoms with E-state index in [0.29, 0.717) is 0 Å². The third kappa shape index (κ3) is 0.841. The topological polar surface area (TPSA) is 0 Å². The van der Waals surface area contributed by atoms with Gasteiger partial charge in [-0.05, 0) is 37.3 Å². The molecule has 0 fully saturated rings. The Balaban J connectivity index is 2.36. The summed E-state index contributed by atoms with van der Waals surface area (Å²) in [5, 5.41) is 0. The van der Waals surface area contributed by atoms with Crippen molar-refractivity contribution >= 4 is 0 Å². The predicted octanol–water partition coefficient (Wildman–Crippen LogP) is 2.98. The molecule has 0 unspecified atom stereocenters. The Hall–Kier alpha value is -0.780. The summed E-state index contributed by atoms with van der Waals surface area (Å²) in [5.74, 6) is 0. The van der Waals surface area contributed by atoms with Crippen molar-refractivity contribution in [3.63, 3.8) is 0 Å². The molecule has 2 rings (SSSR count). The molecule has 0 saturated heterocycles. The molecule has 0 heteroatoms. The molecule has 0 radical (unpaired) electrons. The fourth-order valence-corrected chi connectivity index (χ4v) is 1.69. The van der Waals surface area contributed by atoms with Gasteiger partial charge in [0.2, 0.25) is 0 Å². The molecule has 0 nitrogen and oxygen atoms in total. The molecule has 0 spiro atoms. The average Bonchev–Trinajstić information content (AvgIpc) is 2.27. The number of rotatable bonds is 0. The van der Waals surface area contributed by atoms with Crippen LogP contribution in [0.4, 0.5) is 0 Å². The third-order valence-electron chi connectivity index (χ3n) is 2.16. The Kier molecular flexibility index (Phi) is 1.26. The van der Waals surface area contributed by atoms with Crippen LogP contribution < -0.4 is 0 Å². The van der Waals surface area contributed by atoms with E-state index in [9.17, 15) is 0 Å². The molecule has 0 heterocycles. The molecule has 0 N–H and O–H groups in total. The first-order valence-corrected chi connectivity index (χ1v) is 3.93. The first-order valence-electron chi connectivity index (χ1n) is 3.93. The Bertz CT molecular complexity index is 239. The van der Waals surface area contributed by atoms with Crippen molar-refractivity contribution in [1.82, 2.24) is 0 Å². The standard InChI is InChI=1S/C10H12/c1-8-6-9-4-2-3-5-10(9)7-8/h4-6H,2-3,7H2,1H3. The van der Waals surface area contributed by atoms with Crippen LogP contribution >= 0.6 is 0 Å². The normalized spacial score (nSPS) is 23.1. The molecular formula is C10H12. The zero-order valence-electron chi connectivity index (χ0n) is 6.35. The van der Waals surface area contributed by atoms with Gasteiger partial charge in [-0.1, -0.05) is 23.8 Å². The quantitative estimate of drug-likeness (QED) is 0.475. The van der Waals surface area contributed by atoms with Crippen LogP contribution in [0.1, 0.15) is 26.2 Å². The number of fused-ring (bicyclic) bond motifs is 1. The van der Waals surface area contributed by atoms with Gasteiger partial charge in [0.05, 0.1) is 0 Å². The fourth-order valence-electron chi connectivity index (χ4n) is 1.69. The minimum atomic E-state index is 1.20. The van der Waals surface area contributed by atoms with Crippen LogP contribution in [0.3, 0.4) is 0 Å². The van der Waals surface area contributed by atoms with Gasteiger partial charge in [-0.3, -0.25) is 0 Å². The maximum atomic E-state index is 2.38. The molecular weight excluding hydrogens is 120 g/mol. The van der Waals surface area contributed by atoms with Crippen molar-refractivity contribution in [3.8, 4) is 0 Å². The third-order valence-corrected chi connectivity index (χ3v) is 2.16. The maximum Gasteiger partial charge on any atom is -0.00639 e. The second kappa shape index (κ2) is 2.12. The molecule has 0 aromatic carbocycles. The number of hydrogen-bond acceptors (Lipinski definition) is 0. The zero-order valence-corrected chi connectivity index (χ0v) is 6.35. The van der Waals surface area contributed by atoms with Crippen molar-refractivity contribution in [2.75, 3.05) is 0 Å². The summed E-state index contributed by atoms with van der Waals surface area (Å²) >= 11 is 0. The molecule has 0 atom stereocenters. The van der Waals surface area contributed by atoms with Crippen molar-refractivity contribution in [1.29, 1.82) is 0 Å². The van der Waals surface area contributed by atoms with E-state index in [0.717, 1.165) is 0 Å². The van der Waals surface area contributed by atoms with Crippen LogP contribution in [-0.4, -0.2) is 0 Å². The first-order chi connectivity index (χ1) is 4.86. The summed E-state index contributed by atoms with van der Waals surface area (Å²) in [7, 11) is 0. The van der Waals surface area contributed by atoms with Crippen LogP contribution in [-0.2, 0) is 0 Å². The molecule has 0 aromatic heterocycles. The van der Waals surface area contributed by atoms with Crippen LogP contribution in [0.25, 0.3) is 0 Å². The molecule has 0 saturated carbocycles. The minimum Gasteiger partial charge on any atom is -0.0801 e. The van der Waals surface area contributed by atoms with Gasteiger partial charge in [0.15, 0.2) is 0 Å². The summed E-state index contributed by atoms with van der Waals surface area (Å²) < 4.78 is 0. The molecule has 10 heavy (non-hydrogen) atoms. The first kappa shape index (κ1) is 5.96. The lowest BCUT2D eigenvalue weighted by atomic mass is 10.0. The van der Waals surface area contributed by atoms with E-state index < -0.39 is 0 Å². The lowest BCUT2D eigenvalue weighted by molar-refractivity contribution is 0.992. The van der Waals surface area contributed by atoms with Crippen molar-refractivity contribution in [2.24, 2.45) is 0 Å². The summed E-state index contributed by atoms with van der Waals surface area (Å²) in [6, 6.07) is 0. The summed E-state index contributed by atoms with van der Waals surface area (Å²) in [6.07, 6.45) is 10.7. The van der Waals surface area contributed by atoms with E-state index in [2.05, 4.69) is 25.2 Å². The van der Waals surface area contributed by atoms with Crippen molar-refractivity contribution < 1.29 is 0 Å². The van der Waals surface area contributed by atoms with Crippen LogP contribution in [0.15, 0.2) is 34.9 Å². The smallest absolute Gasteiger partial charge is 0.00639 e. The molecule has 2 aliphatic carbocycles. The van der Waals surface area contributed by atoms with E-state index in [-0.39, 0.29) is 0 Å². The average molecular weight is 132 g/mol. The summed E-state index contributed by atoms with van der Waals surface area (Å²) in [6.45, 7) is 2.21. The molecule has 0 aliphatic heterocycles. The van der Waals surface area contributed by atoms with Gasteiger partial charge < -0.3 is 0 Å². The Morgan fingerprint density at radius 2 is 2.00 bits per heavy atom. The second-order valence-corrected chi connectivity index (χ2v) is 3.13. The number of allylic oxidation sites excluding steroid dienone is 6. The van der Waals surface area contributed by atoms with Gasteiger partial charge in [-0.2, -0.15) is 0 Å². The van der Waals surface area contributed by atoms with E-state index in [1.54, 1.807) is 5.57 Å². The minimum absolute atomic E-state index is 1.20. The highest BCUT2D eigenvalue weighted by atomic mass is 14.2. The molecule has 0 aromatic rings. The maximum absolute atomic E-state index is 2.38. The lowest BCUT2D eigenvalue weighted by Gasteiger charge is -2.05. The van der Waals surface area contributed by atoms with E-state index in [4.69, 9.17) is 0 Å². The Morgan fingerprint density at radius 3 is 2.80 bits per heavy atom. The van der Waals surface area contributed by atoms with Gasteiger partial charge in [-0.15, -0.1) is 0 Å². The molecule has 0 amide bonds. The summed E-state index contributed by atoms with van der Waals surface area (Å²) in [5.41, 5.74) is 4.56. The Labute approximate surface area is 61.9 Å². The highest BCUT2D eigenvalue weighted by molar-refractivity contribution is 5.50. The van der Waals surface area contributed by atoms with E-state index in [1.807, 2.05) is 0 Å². The molecule has 52 valence electrons. The highest BCUT2D eigenvalue weighted by Gasteiger charge is 2.12.